The van der Waals surface area contributed by atoms with Crippen LogP contribution in [0.5, 0.6) is 5.75 Å². The van der Waals surface area contributed by atoms with E-state index in [-0.39, 0.29) is 23.8 Å². The van der Waals surface area contributed by atoms with Crippen molar-refractivity contribution in [3.05, 3.63) is 61.6 Å². The molecule has 0 bridgehead atoms. The van der Waals surface area contributed by atoms with Crippen molar-refractivity contribution in [3.63, 3.8) is 0 Å². The molecule has 4 atom stereocenters. The number of nitrogen functional groups attached to an aromatic ring is 1. The van der Waals surface area contributed by atoms with Gasteiger partial charge in [0.25, 0.3) is 0 Å². The molecule has 14 heteroatoms. The number of ether oxygens (including phenoxy) is 2. The maximum atomic E-state index is 12.4. The predicted molar refractivity (Wildman–Crippen MR) is 164 cm³/mol. The second-order valence-corrected chi connectivity index (χ2v) is 10.3. The highest BCUT2D eigenvalue weighted by molar-refractivity contribution is 5.85. The molecular formula is C30H37N8O6+. The highest BCUT2D eigenvalue weighted by Crippen LogP contribution is 2.32. The third-order valence-electron chi connectivity index (χ3n) is 7.46. The fourth-order valence-corrected chi connectivity index (χ4v) is 5.14. The van der Waals surface area contributed by atoms with E-state index in [1.807, 2.05) is 49.5 Å². The molecule has 4 aromatic rings. The van der Waals surface area contributed by atoms with Gasteiger partial charge < -0.3 is 46.1 Å². The number of aliphatic hydroxyl groups is 3. The van der Waals surface area contributed by atoms with Gasteiger partial charge in [0.05, 0.1) is 13.2 Å². The molecule has 2 aromatic heterocycles. The lowest BCUT2D eigenvalue weighted by Gasteiger charge is -2.29. The maximum absolute atomic E-state index is 12.4. The van der Waals surface area contributed by atoms with Crippen molar-refractivity contribution < 1.29 is 34.2 Å². The molecule has 44 heavy (non-hydrogen) atoms. The number of hydrogen-bond acceptors (Lipinski definition) is 12. The summed E-state index contributed by atoms with van der Waals surface area (Å²) in [5.41, 5.74) is 10.1. The van der Waals surface area contributed by atoms with Gasteiger partial charge in [0, 0.05) is 37.8 Å². The zero-order valence-corrected chi connectivity index (χ0v) is 24.3. The molecule has 0 aliphatic carbocycles. The van der Waals surface area contributed by atoms with Crippen LogP contribution >= 0.6 is 0 Å². The first-order valence-electron chi connectivity index (χ1n) is 14.3. The second kappa shape index (κ2) is 13.8. The second-order valence-electron chi connectivity index (χ2n) is 10.3. The fraction of sp³-hybridized carbons (Fsp3) is 0.367. The van der Waals surface area contributed by atoms with Gasteiger partial charge >= 0.3 is 0 Å². The van der Waals surface area contributed by atoms with Crippen LogP contribution in [0.25, 0.3) is 22.1 Å². The van der Waals surface area contributed by atoms with Gasteiger partial charge in [-0.05, 0) is 18.6 Å². The zero-order chi connectivity index (χ0) is 31.2. The number of aliphatic hydroxyl groups excluding tert-OH is 3. The molecule has 1 fully saturated rings. The molecule has 1 amide bonds. The minimum absolute atomic E-state index is 0.123. The van der Waals surface area contributed by atoms with Crippen molar-refractivity contribution >= 4 is 45.3 Å². The van der Waals surface area contributed by atoms with E-state index in [4.69, 9.17) is 20.2 Å². The SMILES string of the molecule is C=CN(c1ncnc(NCCNC(=O)CCCOc2cccc3c2nc2ccccc2[n+]3C)c1N)C1OC(CO)C(O)C1O. The molecule has 0 saturated carbocycles. The van der Waals surface area contributed by atoms with Crippen molar-refractivity contribution in [3.8, 4) is 5.75 Å². The monoisotopic (exact) mass is 605 g/mol. The number of para-hydroxylation sites is 3. The number of hydrogen-bond donors (Lipinski definition) is 6. The predicted octanol–water partition coefficient (Wildman–Crippen LogP) is 0.361. The average molecular weight is 606 g/mol. The number of amides is 1. The number of nitrogens with zero attached hydrogens (tertiary/aromatic N) is 5. The molecule has 4 unspecified atom stereocenters. The Morgan fingerprint density at radius 3 is 2.73 bits per heavy atom. The zero-order valence-electron chi connectivity index (χ0n) is 24.3. The highest BCUT2D eigenvalue weighted by Gasteiger charge is 2.45. The minimum atomic E-state index is -1.33. The van der Waals surface area contributed by atoms with E-state index >= 15 is 0 Å². The van der Waals surface area contributed by atoms with Crippen molar-refractivity contribution in [1.82, 2.24) is 20.3 Å². The number of aromatic nitrogens is 4. The quantitative estimate of drug-likeness (QED) is 0.0698. The molecule has 7 N–H and O–H groups in total. The molecule has 3 heterocycles. The number of fused-ring (bicyclic) bond motifs is 2. The molecule has 0 radical (unpaired) electrons. The standard InChI is InChI=1S/C30H36N8O6/c1-3-38(30-27(42)26(41)22(16-39)44-30)29-24(31)28(34-17-35-29)33-14-13-32-23(40)12-7-15-43-21-11-6-10-20-25(21)36-18-8-4-5-9-19(18)37(20)2/h3-6,8-11,17,22,26-27,30-31,36,39,41-42H,1,7,12-16H2,2H3,(H,32,40)/p+1. The Balaban J connectivity index is 1.09. The Hall–Kier alpha value is -4.63. The highest BCUT2D eigenvalue weighted by atomic mass is 16.6. The Bertz CT molecular complexity index is 1640. The summed E-state index contributed by atoms with van der Waals surface area (Å²) in [6, 6.07) is 13.7. The third kappa shape index (κ3) is 6.33. The van der Waals surface area contributed by atoms with E-state index in [0.717, 1.165) is 22.1 Å². The van der Waals surface area contributed by atoms with Crippen LogP contribution in [0, 0.1) is 0 Å². The average Bonchev–Trinajstić information content (AvgIpc) is 3.32. The summed E-state index contributed by atoms with van der Waals surface area (Å²) in [6.45, 7) is 4.26. The number of rotatable bonds is 13. The first-order chi connectivity index (χ1) is 21.3. The number of benzene rings is 2. The van der Waals surface area contributed by atoms with Gasteiger partial charge in [-0.15, -0.1) is 0 Å². The first kappa shape index (κ1) is 30.8. The van der Waals surface area contributed by atoms with Gasteiger partial charge in [-0.3, -0.25) is 4.79 Å². The summed E-state index contributed by atoms with van der Waals surface area (Å²) in [6.07, 6.45) is -1.21. The summed E-state index contributed by atoms with van der Waals surface area (Å²) in [5, 5.41) is 35.8. The van der Waals surface area contributed by atoms with Crippen LogP contribution < -0.4 is 30.6 Å². The van der Waals surface area contributed by atoms with Crippen molar-refractivity contribution in [2.75, 3.05) is 42.3 Å². The molecule has 2 aromatic carbocycles. The minimum Gasteiger partial charge on any atom is -0.491 e. The summed E-state index contributed by atoms with van der Waals surface area (Å²) in [7, 11) is 2.00. The van der Waals surface area contributed by atoms with Crippen LogP contribution in [0.15, 0.2) is 61.6 Å². The Labute approximate surface area is 253 Å². The summed E-state index contributed by atoms with van der Waals surface area (Å²) in [4.78, 5) is 26.9. The van der Waals surface area contributed by atoms with E-state index in [0.29, 0.717) is 37.7 Å². The van der Waals surface area contributed by atoms with Crippen LogP contribution in [0.3, 0.4) is 0 Å². The van der Waals surface area contributed by atoms with Gasteiger partial charge in [-0.1, -0.05) is 24.8 Å². The lowest BCUT2D eigenvalue weighted by Crippen LogP contribution is -2.42. The molecule has 5 rings (SSSR count). The number of anilines is 3. The Morgan fingerprint density at radius 1 is 1.16 bits per heavy atom. The fourth-order valence-electron chi connectivity index (χ4n) is 5.14. The lowest BCUT2D eigenvalue weighted by molar-refractivity contribution is -0.618. The normalized spacial score (nSPS) is 19.6. The Morgan fingerprint density at radius 2 is 1.95 bits per heavy atom. The van der Waals surface area contributed by atoms with Crippen LogP contribution in [0.2, 0.25) is 0 Å². The number of aryl methyl sites for hydroxylation is 1. The molecule has 1 aliphatic heterocycles. The van der Waals surface area contributed by atoms with Crippen LogP contribution in [0.4, 0.5) is 17.3 Å². The van der Waals surface area contributed by atoms with Gasteiger partial charge in [-0.2, -0.15) is 4.57 Å². The summed E-state index contributed by atoms with van der Waals surface area (Å²) >= 11 is 0. The Kier molecular flexibility index (Phi) is 9.65. The van der Waals surface area contributed by atoms with E-state index in [1.165, 1.54) is 17.4 Å². The lowest BCUT2D eigenvalue weighted by atomic mass is 10.1. The maximum Gasteiger partial charge on any atom is 0.235 e. The molecular weight excluding hydrogens is 568 g/mol. The van der Waals surface area contributed by atoms with E-state index < -0.39 is 31.1 Å². The molecule has 232 valence electrons. The van der Waals surface area contributed by atoms with Crippen molar-refractivity contribution in [2.45, 2.75) is 37.4 Å². The molecule has 1 saturated heterocycles. The number of nitrogens with one attached hydrogen (secondary N) is 2. The van der Waals surface area contributed by atoms with Crippen LogP contribution in [-0.4, -0.2) is 87.0 Å². The van der Waals surface area contributed by atoms with Gasteiger partial charge in [0.1, 0.15) is 42.9 Å². The van der Waals surface area contributed by atoms with Crippen molar-refractivity contribution in [2.24, 2.45) is 7.05 Å². The first-order valence-corrected chi connectivity index (χ1v) is 14.3. The van der Waals surface area contributed by atoms with Crippen molar-refractivity contribution in [1.29, 1.82) is 0 Å². The van der Waals surface area contributed by atoms with Crippen LogP contribution in [0.1, 0.15) is 12.8 Å². The van der Waals surface area contributed by atoms with E-state index in [2.05, 4.69) is 31.7 Å². The molecule has 0 spiro atoms. The smallest absolute Gasteiger partial charge is 0.235 e. The molecule has 14 nitrogen and oxygen atoms in total. The van der Waals surface area contributed by atoms with Crippen LogP contribution in [-0.2, 0) is 16.6 Å². The van der Waals surface area contributed by atoms with E-state index in [1.54, 1.807) is 0 Å². The van der Waals surface area contributed by atoms with Gasteiger partial charge in [0.2, 0.25) is 16.9 Å². The van der Waals surface area contributed by atoms with E-state index in [9.17, 15) is 20.1 Å². The van der Waals surface area contributed by atoms with Gasteiger partial charge in [0.15, 0.2) is 29.1 Å². The number of nitrogens with two attached hydrogens (primary N) is 1. The van der Waals surface area contributed by atoms with Gasteiger partial charge in [-0.25, -0.2) is 15.0 Å². The molecule has 1 aliphatic rings. The number of carbonyl (C=O) groups is 1. The summed E-state index contributed by atoms with van der Waals surface area (Å²) in [5.74, 6) is 1.05. The topological polar surface area (TPSA) is 192 Å². The largest absolute Gasteiger partial charge is 0.491 e. The summed E-state index contributed by atoms with van der Waals surface area (Å²) < 4.78 is 13.7. The number of carbonyl (C=O) groups excluding carboxylic acids is 1. The third-order valence-corrected chi connectivity index (χ3v) is 7.46.